The smallest absolute Gasteiger partial charge is 0.0694 e. The average molecular weight is 245 g/mol. The molecule has 3 nitrogen and oxygen atoms in total. The molecular formula is C12H23NO2S. The predicted octanol–water partition coefficient (Wildman–Crippen LogP) is 1.57. The summed E-state index contributed by atoms with van der Waals surface area (Å²) in [6.45, 7) is 2.78. The van der Waals surface area contributed by atoms with Gasteiger partial charge < -0.3 is 10.5 Å². The maximum atomic E-state index is 12.1. The van der Waals surface area contributed by atoms with E-state index in [4.69, 9.17) is 10.5 Å². The van der Waals surface area contributed by atoms with Gasteiger partial charge in [0.25, 0.3) is 0 Å². The van der Waals surface area contributed by atoms with E-state index >= 15 is 0 Å². The van der Waals surface area contributed by atoms with Crippen LogP contribution >= 0.6 is 0 Å². The molecule has 1 spiro atoms. The van der Waals surface area contributed by atoms with Gasteiger partial charge >= 0.3 is 0 Å². The zero-order valence-electron chi connectivity index (χ0n) is 10.1. The first-order valence-corrected chi connectivity index (χ1v) is 7.76. The number of ether oxygens (including phenoxy) is 1. The largest absolute Gasteiger partial charge is 0.375 e. The van der Waals surface area contributed by atoms with Gasteiger partial charge in [-0.3, -0.25) is 4.21 Å². The highest BCUT2D eigenvalue weighted by Crippen LogP contribution is 2.43. The average Bonchev–Trinajstić information content (AvgIpc) is 2.24. The van der Waals surface area contributed by atoms with E-state index in [0.29, 0.717) is 5.25 Å². The maximum absolute atomic E-state index is 12.1. The molecule has 0 aromatic heterocycles. The Labute approximate surface area is 101 Å². The van der Waals surface area contributed by atoms with Crippen molar-refractivity contribution in [3.05, 3.63) is 0 Å². The molecule has 1 saturated heterocycles. The fourth-order valence-corrected chi connectivity index (χ4v) is 4.38. The summed E-state index contributed by atoms with van der Waals surface area (Å²) < 4.78 is 18.0. The lowest BCUT2D eigenvalue weighted by Crippen LogP contribution is -2.48. The molecule has 0 radical (unpaired) electrons. The minimum Gasteiger partial charge on any atom is -0.375 e. The van der Waals surface area contributed by atoms with Crippen LogP contribution in [0.5, 0.6) is 0 Å². The summed E-state index contributed by atoms with van der Waals surface area (Å²) in [5.74, 6) is 0.762. The van der Waals surface area contributed by atoms with Gasteiger partial charge in [0.15, 0.2) is 0 Å². The van der Waals surface area contributed by atoms with Crippen LogP contribution in [0.4, 0.5) is 0 Å². The molecule has 0 aromatic carbocycles. The van der Waals surface area contributed by atoms with Crippen molar-refractivity contribution in [2.24, 2.45) is 5.73 Å². The highest BCUT2D eigenvalue weighted by Gasteiger charge is 2.43. The molecular weight excluding hydrogens is 222 g/mol. The Morgan fingerprint density at radius 3 is 2.88 bits per heavy atom. The Hall–Kier alpha value is 0.0700. The van der Waals surface area contributed by atoms with Crippen molar-refractivity contribution < 1.29 is 8.95 Å². The van der Waals surface area contributed by atoms with E-state index in [0.717, 1.165) is 31.6 Å². The molecule has 1 aliphatic carbocycles. The summed E-state index contributed by atoms with van der Waals surface area (Å²) in [5, 5.41) is 0.354. The van der Waals surface area contributed by atoms with Gasteiger partial charge in [0.1, 0.15) is 0 Å². The standard InChI is InChI=1S/C12H23NO2S/c1-10(13)4-8-16(14)11-3-7-15-12(9-11)5-2-6-12/h10-11H,2-9,13H2,1H3. The molecule has 2 fully saturated rings. The lowest BCUT2D eigenvalue weighted by molar-refractivity contribution is -0.125. The quantitative estimate of drug-likeness (QED) is 0.818. The third-order valence-corrected chi connectivity index (χ3v) is 5.64. The SMILES string of the molecule is CC(N)CCS(=O)C1CCOC2(CCC2)C1. The Morgan fingerprint density at radius 2 is 2.31 bits per heavy atom. The molecule has 3 unspecified atom stereocenters. The van der Waals surface area contributed by atoms with Gasteiger partial charge in [0.2, 0.25) is 0 Å². The van der Waals surface area contributed by atoms with Crippen molar-refractivity contribution >= 4 is 10.8 Å². The summed E-state index contributed by atoms with van der Waals surface area (Å²) in [5.41, 5.74) is 5.82. The summed E-state index contributed by atoms with van der Waals surface area (Å²) in [6.07, 6.45) is 6.48. The lowest BCUT2D eigenvalue weighted by atomic mass is 9.75. The number of nitrogens with two attached hydrogens (primary N) is 1. The molecule has 2 aliphatic rings. The summed E-state index contributed by atoms with van der Waals surface area (Å²) in [6, 6.07) is 0.168. The van der Waals surface area contributed by atoms with Crippen LogP contribution in [0.2, 0.25) is 0 Å². The Kier molecular flexibility index (Phi) is 4.03. The van der Waals surface area contributed by atoms with E-state index < -0.39 is 10.8 Å². The van der Waals surface area contributed by atoms with Crippen LogP contribution in [0.1, 0.15) is 45.4 Å². The van der Waals surface area contributed by atoms with Gasteiger partial charge in [0, 0.05) is 34.5 Å². The first-order valence-electron chi connectivity index (χ1n) is 6.38. The molecule has 0 aromatic rings. The van der Waals surface area contributed by atoms with Crippen molar-refractivity contribution in [1.82, 2.24) is 0 Å². The van der Waals surface area contributed by atoms with Crippen LogP contribution in [0.25, 0.3) is 0 Å². The molecule has 4 heteroatoms. The zero-order chi connectivity index (χ0) is 11.6. The molecule has 94 valence electrons. The van der Waals surface area contributed by atoms with Crippen LogP contribution in [-0.4, -0.2) is 33.5 Å². The Morgan fingerprint density at radius 1 is 1.56 bits per heavy atom. The van der Waals surface area contributed by atoms with E-state index in [1.54, 1.807) is 0 Å². The molecule has 0 amide bonds. The molecule has 16 heavy (non-hydrogen) atoms. The van der Waals surface area contributed by atoms with Crippen molar-refractivity contribution in [3.63, 3.8) is 0 Å². The molecule has 1 saturated carbocycles. The second kappa shape index (κ2) is 5.15. The molecule has 2 N–H and O–H groups in total. The summed E-state index contributed by atoms with van der Waals surface area (Å²) in [7, 11) is -0.701. The predicted molar refractivity (Wildman–Crippen MR) is 66.8 cm³/mol. The van der Waals surface area contributed by atoms with E-state index in [1.807, 2.05) is 6.92 Å². The normalized spacial score (nSPS) is 32.0. The fraction of sp³-hybridized carbons (Fsp3) is 1.00. The van der Waals surface area contributed by atoms with Crippen LogP contribution in [0, 0.1) is 0 Å². The van der Waals surface area contributed by atoms with Gasteiger partial charge in [-0.15, -0.1) is 0 Å². The molecule has 3 atom stereocenters. The highest BCUT2D eigenvalue weighted by atomic mass is 32.2. The highest BCUT2D eigenvalue weighted by molar-refractivity contribution is 7.85. The minimum atomic E-state index is -0.701. The van der Waals surface area contributed by atoms with Gasteiger partial charge in [-0.25, -0.2) is 0 Å². The molecule has 0 bridgehead atoms. The summed E-state index contributed by atoms with van der Waals surface area (Å²) >= 11 is 0. The molecule has 1 heterocycles. The number of hydrogen-bond acceptors (Lipinski definition) is 3. The third-order valence-electron chi connectivity index (χ3n) is 3.86. The second-order valence-corrected chi connectivity index (χ2v) is 7.19. The topological polar surface area (TPSA) is 52.3 Å². The Balaban J connectivity index is 1.82. The van der Waals surface area contributed by atoms with Crippen molar-refractivity contribution in [3.8, 4) is 0 Å². The number of hydrogen-bond donors (Lipinski definition) is 1. The maximum Gasteiger partial charge on any atom is 0.0694 e. The minimum absolute atomic E-state index is 0.118. The van der Waals surface area contributed by atoms with Gasteiger partial charge in [-0.1, -0.05) is 0 Å². The van der Waals surface area contributed by atoms with Gasteiger partial charge in [-0.05, 0) is 45.4 Å². The van der Waals surface area contributed by atoms with Crippen molar-refractivity contribution in [2.75, 3.05) is 12.4 Å². The van der Waals surface area contributed by atoms with Crippen LogP contribution in [0.15, 0.2) is 0 Å². The first-order chi connectivity index (χ1) is 7.61. The molecule has 1 aliphatic heterocycles. The van der Waals surface area contributed by atoms with Crippen LogP contribution in [-0.2, 0) is 15.5 Å². The van der Waals surface area contributed by atoms with E-state index in [1.165, 1.54) is 19.3 Å². The van der Waals surface area contributed by atoms with E-state index in [9.17, 15) is 4.21 Å². The van der Waals surface area contributed by atoms with Gasteiger partial charge in [-0.2, -0.15) is 0 Å². The van der Waals surface area contributed by atoms with Gasteiger partial charge in [0.05, 0.1) is 5.60 Å². The van der Waals surface area contributed by atoms with Crippen molar-refractivity contribution in [1.29, 1.82) is 0 Å². The molecule has 2 rings (SSSR count). The first kappa shape index (κ1) is 12.5. The van der Waals surface area contributed by atoms with Crippen LogP contribution in [0.3, 0.4) is 0 Å². The third kappa shape index (κ3) is 2.84. The fourth-order valence-electron chi connectivity index (χ4n) is 2.60. The monoisotopic (exact) mass is 245 g/mol. The number of rotatable bonds is 4. The second-order valence-electron chi connectivity index (χ2n) is 5.35. The zero-order valence-corrected chi connectivity index (χ0v) is 10.9. The van der Waals surface area contributed by atoms with Crippen LogP contribution < -0.4 is 5.73 Å². The Bertz CT molecular complexity index is 264. The van der Waals surface area contributed by atoms with E-state index in [2.05, 4.69) is 0 Å². The van der Waals surface area contributed by atoms with Crippen molar-refractivity contribution in [2.45, 2.75) is 62.3 Å². The van der Waals surface area contributed by atoms with E-state index in [-0.39, 0.29) is 11.6 Å². The lowest BCUT2D eigenvalue weighted by Gasteiger charge is -2.46. The summed E-state index contributed by atoms with van der Waals surface area (Å²) in [4.78, 5) is 0.